The highest BCUT2D eigenvalue weighted by Crippen LogP contribution is 2.38. The van der Waals surface area contributed by atoms with Gasteiger partial charge in [-0.2, -0.15) is 0 Å². The Morgan fingerprint density at radius 1 is 1.21 bits per heavy atom. The van der Waals surface area contributed by atoms with E-state index in [1.807, 2.05) is 18.3 Å². The maximum atomic E-state index is 13.3. The number of aromatic nitrogens is 2. The van der Waals surface area contributed by atoms with E-state index in [1.165, 1.54) is 18.9 Å². The second kappa shape index (κ2) is 6.85. The van der Waals surface area contributed by atoms with Crippen LogP contribution in [0.5, 0.6) is 0 Å². The zero-order valence-electron chi connectivity index (χ0n) is 13.8. The normalized spacial score (nSPS) is 21.6. The number of anilines is 1. The Kier molecular flexibility index (Phi) is 4.43. The third kappa shape index (κ3) is 3.90. The maximum absolute atomic E-state index is 13.3. The average molecular weight is 326 g/mol. The summed E-state index contributed by atoms with van der Waals surface area (Å²) in [6.45, 7) is 2.82. The van der Waals surface area contributed by atoms with Crippen LogP contribution in [0.3, 0.4) is 0 Å². The minimum absolute atomic E-state index is 0.159. The highest BCUT2D eigenvalue weighted by Gasteiger charge is 2.27. The lowest BCUT2D eigenvalue weighted by Gasteiger charge is -2.33. The first-order valence-corrected chi connectivity index (χ1v) is 8.82. The first-order valence-electron chi connectivity index (χ1n) is 8.82. The van der Waals surface area contributed by atoms with E-state index in [0.29, 0.717) is 12.0 Å². The van der Waals surface area contributed by atoms with Crippen molar-refractivity contribution >= 4 is 5.82 Å². The van der Waals surface area contributed by atoms with Crippen LogP contribution in [0, 0.1) is 5.82 Å². The summed E-state index contributed by atoms with van der Waals surface area (Å²) in [5.41, 5.74) is 1.04. The minimum atomic E-state index is -0.159. The number of likely N-dealkylation sites (tertiary alicyclic amines) is 1. The molecule has 126 valence electrons. The summed E-state index contributed by atoms with van der Waals surface area (Å²) in [6, 6.07) is 9.24. The molecule has 4 rings (SSSR count). The molecule has 2 fully saturated rings. The van der Waals surface area contributed by atoms with Crippen LogP contribution in [-0.4, -0.2) is 34.0 Å². The van der Waals surface area contributed by atoms with Crippen molar-refractivity contribution in [2.75, 3.05) is 18.4 Å². The van der Waals surface area contributed by atoms with Crippen LogP contribution >= 0.6 is 0 Å². The Morgan fingerprint density at radius 3 is 2.96 bits per heavy atom. The van der Waals surface area contributed by atoms with E-state index in [-0.39, 0.29) is 5.82 Å². The van der Waals surface area contributed by atoms with Gasteiger partial charge >= 0.3 is 0 Å². The van der Waals surface area contributed by atoms with Crippen LogP contribution < -0.4 is 5.32 Å². The van der Waals surface area contributed by atoms with Gasteiger partial charge in [-0.1, -0.05) is 12.1 Å². The van der Waals surface area contributed by atoms with Gasteiger partial charge in [0.15, 0.2) is 0 Å². The highest BCUT2D eigenvalue weighted by atomic mass is 19.1. The molecule has 1 N–H and O–H groups in total. The lowest BCUT2D eigenvalue weighted by Crippen LogP contribution is -2.41. The number of nitrogens with one attached hydrogen (secondary N) is 1. The summed E-state index contributed by atoms with van der Waals surface area (Å²) in [5.74, 6) is 2.33. The third-order valence-electron chi connectivity index (χ3n) is 4.77. The van der Waals surface area contributed by atoms with Gasteiger partial charge in [0.05, 0.1) is 0 Å². The van der Waals surface area contributed by atoms with Crippen LogP contribution in [0.25, 0.3) is 0 Å². The molecule has 0 spiro atoms. The number of rotatable bonds is 5. The van der Waals surface area contributed by atoms with Crippen molar-refractivity contribution in [1.82, 2.24) is 14.9 Å². The first-order chi connectivity index (χ1) is 11.8. The molecular weight excluding hydrogens is 303 g/mol. The van der Waals surface area contributed by atoms with Crippen LogP contribution in [0.4, 0.5) is 10.2 Å². The van der Waals surface area contributed by atoms with Crippen molar-refractivity contribution in [3.63, 3.8) is 0 Å². The van der Waals surface area contributed by atoms with Crippen molar-refractivity contribution in [1.29, 1.82) is 0 Å². The Morgan fingerprint density at radius 2 is 2.12 bits per heavy atom. The highest BCUT2D eigenvalue weighted by molar-refractivity contribution is 5.35. The number of hydrogen-bond donors (Lipinski definition) is 1. The summed E-state index contributed by atoms with van der Waals surface area (Å²) < 4.78 is 13.3. The number of piperidine rings is 1. The molecule has 0 radical (unpaired) electrons. The fourth-order valence-corrected chi connectivity index (χ4v) is 3.41. The van der Waals surface area contributed by atoms with E-state index in [9.17, 15) is 4.39 Å². The van der Waals surface area contributed by atoms with E-state index in [2.05, 4.69) is 20.2 Å². The van der Waals surface area contributed by atoms with Gasteiger partial charge in [-0.05, 0) is 56.0 Å². The van der Waals surface area contributed by atoms with Crippen LogP contribution in [0.1, 0.15) is 43.0 Å². The van der Waals surface area contributed by atoms with Crippen LogP contribution in [0.15, 0.2) is 36.5 Å². The van der Waals surface area contributed by atoms with Gasteiger partial charge in [0.1, 0.15) is 17.5 Å². The van der Waals surface area contributed by atoms with Gasteiger partial charge in [0.25, 0.3) is 0 Å². The predicted molar refractivity (Wildman–Crippen MR) is 92.3 cm³/mol. The quantitative estimate of drug-likeness (QED) is 0.912. The molecule has 1 aromatic heterocycles. The standard InChI is InChI=1S/C19H23FN4/c20-16-4-1-3-14(11-16)12-24-10-2-5-17(13-24)22-18-8-9-21-19(23-18)15-6-7-15/h1,3-4,8-9,11,15,17H,2,5-7,10,12-13H2,(H,21,22,23). The van der Waals surface area contributed by atoms with E-state index < -0.39 is 0 Å². The van der Waals surface area contributed by atoms with Gasteiger partial charge < -0.3 is 5.32 Å². The van der Waals surface area contributed by atoms with Gasteiger partial charge in [0, 0.05) is 31.2 Å². The summed E-state index contributed by atoms with van der Waals surface area (Å²) in [6.07, 6.45) is 6.58. The van der Waals surface area contributed by atoms with Crippen molar-refractivity contribution < 1.29 is 4.39 Å². The second-order valence-corrected chi connectivity index (χ2v) is 6.92. The molecule has 1 aromatic carbocycles. The molecule has 24 heavy (non-hydrogen) atoms. The molecule has 1 aliphatic carbocycles. The molecular formula is C19H23FN4. The summed E-state index contributed by atoms with van der Waals surface area (Å²) in [5, 5.41) is 3.56. The van der Waals surface area contributed by atoms with E-state index >= 15 is 0 Å². The van der Waals surface area contributed by atoms with Crippen molar-refractivity contribution in [2.45, 2.75) is 44.2 Å². The molecule has 5 heteroatoms. The smallest absolute Gasteiger partial charge is 0.133 e. The zero-order chi connectivity index (χ0) is 16.4. The van der Waals surface area contributed by atoms with E-state index in [1.54, 1.807) is 12.1 Å². The number of hydrogen-bond acceptors (Lipinski definition) is 4. The molecule has 1 aliphatic heterocycles. The fraction of sp³-hybridized carbons (Fsp3) is 0.474. The first kappa shape index (κ1) is 15.5. The van der Waals surface area contributed by atoms with Gasteiger partial charge in [-0.15, -0.1) is 0 Å². The molecule has 0 bridgehead atoms. The lowest BCUT2D eigenvalue weighted by atomic mass is 10.0. The molecule has 2 heterocycles. The van der Waals surface area contributed by atoms with Crippen molar-refractivity contribution in [2.24, 2.45) is 0 Å². The molecule has 0 amide bonds. The molecule has 1 saturated heterocycles. The van der Waals surface area contributed by atoms with Gasteiger partial charge in [-0.3, -0.25) is 4.90 Å². The average Bonchev–Trinajstić information content (AvgIpc) is 3.40. The zero-order valence-corrected chi connectivity index (χ0v) is 13.8. The Balaban J connectivity index is 1.37. The lowest BCUT2D eigenvalue weighted by molar-refractivity contribution is 0.208. The van der Waals surface area contributed by atoms with Crippen molar-refractivity contribution in [3.8, 4) is 0 Å². The number of nitrogens with zero attached hydrogens (tertiary/aromatic N) is 3. The van der Waals surface area contributed by atoms with E-state index in [4.69, 9.17) is 0 Å². The molecule has 1 unspecified atom stereocenters. The third-order valence-corrected chi connectivity index (χ3v) is 4.77. The fourth-order valence-electron chi connectivity index (χ4n) is 3.41. The Labute approximate surface area is 142 Å². The topological polar surface area (TPSA) is 41.0 Å². The van der Waals surface area contributed by atoms with Gasteiger partial charge in [-0.25, -0.2) is 14.4 Å². The maximum Gasteiger partial charge on any atom is 0.133 e. The number of halogens is 1. The second-order valence-electron chi connectivity index (χ2n) is 6.92. The van der Waals surface area contributed by atoms with Gasteiger partial charge in [0.2, 0.25) is 0 Å². The monoisotopic (exact) mass is 326 g/mol. The summed E-state index contributed by atoms with van der Waals surface area (Å²) >= 11 is 0. The Hall–Kier alpha value is -2.01. The van der Waals surface area contributed by atoms with Crippen molar-refractivity contribution in [3.05, 3.63) is 53.7 Å². The molecule has 2 aromatic rings. The largest absolute Gasteiger partial charge is 0.366 e. The molecule has 2 aliphatic rings. The summed E-state index contributed by atoms with van der Waals surface area (Å²) in [4.78, 5) is 11.4. The van der Waals surface area contributed by atoms with E-state index in [0.717, 1.165) is 49.7 Å². The van der Waals surface area contributed by atoms with Crippen LogP contribution in [-0.2, 0) is 6.54 Å². The Bertz CT molecular complexity index is 701. The molecule has 1 saturated carbocycles. The molecule has 1 atom stereocenters. The SMILES string of the molecule is Fc1cccc(CN2CCCC(Nc3ccnc(C4CC4)n3)C2)c1. The molecule has 4 nitrogen and oxygen atoms in total. The predicted octanol–water partition coefficient (Wildman–Crippen LogP) is 3.57. The van der Waals surface area contributed by atoms with Crippen LogP contribution in [0.2, 0.25) is 0 Å². The number of benzene rings is 1. The summed E-state index contributed by atoms with van der Waals surface area (Å²) in [7, 11) is 0. The minimum Gasteiger partial charge on any atom is -0.366 e.